The Morgan fingerprint density at radius 3 is 2.40 bits per heavy atom. The lowest BCUT2D eigenvalue weighted by Gasteiger charge is -2.31. The molecule has 0 aromatic heterocycles. The van der Waals surface area contributed by atoms with Crippen molar-refractivity contribution in [2.45, 2.75) is 11.3 Å². The number of piperazine rings is 1. The standard InChI is InChI=1S/C18H20FN3O2S/c19-15-4-1-2-7-18(15)25(23,24)22-11-8-14-16(5-3-6-17(14)22)21-12-9-20-10-13-21/h1-7,20H,8-13H2. The molecule has 2 aliphatic rings. The van der Waals surface area contributed by atoms with Crippen LogP contribution in [0.5, 0.6) is 0 Å². The van der Waals surface area contributed by atoms with E-state index in [-0.39, 0.29) is 4.90 Å². The van der Waals surface area contributed by atoms with E-state index in [2.05, 4.69) is 10.2 Å². The lowest BCUT2D eigenvalue weighted by atomic mass is 10.1. The summed E-state index contributed by atoms with van der Waals surface area (Å²) in [7, 11) is -3.90. The van der Waals surface area contributed by atoms with Crippen molar-refractivity contribution in [3.05, 3.63) is 53.8 Å². The van der Waals surface area contributed by atoms with Crippen molar-refractivity contribution in [2.75, 3.05) is 41.9 Å². The summed E-state index contributed by atoms with van der Waals surface area (Å²) in [5, 5.41) is 3.32. The largest absolute Gasteiger partial charge is 0.369 e. The summed E-state index contributed by atoms with van der Waals surface area (Å²) in [6.07, 6.45) is 0.642. The molecule has 7 heteroatoms. The summed E-state index contributed by atoms with van der Waals surface area (Å²) in [5.41, 5.74) is 2.79. The molecule has 0 aliphatic carbocycles. The first-order chi connectivity index (χ1) is 12.1. The van der Waals surface area contributed by atoms with Crippen LogP contribution in [0, 0.1) is 5.82 Å². The Hall–Kier alpha value is -2.12. The molecular formula is C18H20FN3O2S. The van der Waals surface area contributed by atoms with Crippen LogP contribution in [0.3, 0.4) is 0 Å². The first kappa shape index (κ1) is 16.4. The lowest BCUT2D eigenvalue weighted by Crippen LogP contribution is -2.43. The number of benzene rings is 2. The molecule has 4 rings (SSSR count). The highest BCUT2D eigenvalue weighted by Crippen LogP contribution is 2.39. The van der Waals surface area contributed by atoms with Gasteiger partial charge in [-0.25, -0.2) is 12.8 Å². The molecule has 0 radical (unpaired) electrons. The van der Waals surface area contributed by atoms with E-state index in [9.17, 15) is 12.8 Å². The molecule has 2 aromatic carbocycles. The van der Waals surface area contributed by atoms with E-state index in [1.807, 2.05) is 18.2 Å². The van der Waals surface area contributed by atoms with E-state index in [0.717, 1.165) is 37.4 Å². The van der Waals surface area contributed by atoms with Gasteiger partial charge in [0.2, 0.25) is 0 Å². The van der Waals surface area contributed by atoms with Gasteiger partial charge in [0.15, 0.2) is 0 Å². The van der Waals surface area contributed by atoms with Crippen LogP contribution >= 0.6 is 0 Å². The van der Waals surface area contributed by atoms with Crippen molar-refractivity contribution >= 4 is 21.4 Å². The van der Waals surface area contributed by atoms with Crippen LogP contribution in [0.25, 0.3) is 0 Å². The molecule has 2 aromatic rings. The second-order valence-electron chi connectivity index (χ2n) is 6.27. The average Bonchev–Trinajstić information content (AvgIpc) is 3.07. The van der Waals surface area contributed by atoms with Crippen molar-refractivity contribution in [1.29, 1.82) is 0 Å². The number of halogens is 1. The van der Waals surface area contributed by atoms with E-state index in [0.29, 0.717) is 18.7 Å². The fourth-order valence-electron chi connectivity index (χ4n) is 3.61. The molecule has 0 amide bonds. The summed E-state index contributed by atoms with van der Waals surface area (Å²) in [5.74, 6) is -0.714. The van der Waals surface area contributed by atoms with Gasteiger partial charge in [0, 0.05) is 44.0 Å². The smallest absolute Gasteiger partial charge is 0.267 e. The van der Waals surface area contributed by atoms with Crippen LogP contribution in [-0.2, 0) is 16.4 Å². The molecule has 0 atom stereocenters. The van der Waals surface area contributed by atoms with Crippen LogP contribution < -0.4 is 14.5 Å². The van der Waals surface area contributed by atoms with Crippen molar-refractivity contribution in [1.82, 2.24) is 5.32 Å². The molecule has 0 unspecified atom stereocenters. The van der Waals surface area contributed by atoms with Crippen molar-refractivity contribution in [3.8, 4) is 0 Å². The molecule has 25 heavy (non-hydrogen) atoms. The Morgan fingerprint density at radius 2 is 1.64 bits per heavy atom. The zero-order valence-corrected chi connectivity index (χ0v) is 14.6. The van der Waals surface area contributed by atoms with Crippen LogP contribution in [-0.4, -0.2) is 41.1 Å². The van der Waals surface area contributed by atoms with Crippen LogP contribution in [0.15, 0.2) is 47.4 Å². The third-order valence-corrected chi connectivity index (χ3v) is 6.67. The maximum atomic E-state index is 14.1. The molecule has 5 nitrogen and oxygen atoms in total. The number of nitrogens with one attached hydrogen (secondary N) is 1. The summed E-state index contributed by atoms with van der Waals surface area (Å²) < 4.78 is 41.3. The fourth-order valence-corrected chi connectivity index (χ4v) is 5.17. The molecule has 2 aliphatic heterocycles. The summed E-state index contributed by atoms with van der Waals surface area (Å²) >= 11 is 0. The van der Waals surface area contributed by atoms with Gasteiger partial charge < -0.3 is 10.2 Å². The molecule has 1 saturated heterocycles. The quantitative estimate of drug-likeness (QED) is 0.908. The topological polar surface area (TPSA) is 52.7 Å². The Balaban J connectivity index is 1.74. The van der Waals surface area contributed by atoms with Crippen molar-refractivity contribution in [3.63, 3.8) is 0 Å². The summed E-state index contributed by atoms with van der Waals surface area (Å²) in [6.45, 7) is 3.98. The van der Waals surface area contributed by atoms with Gasteiger partial charge in [0.1, 0.15) is 10.7 Å². The highest BCUT2D eigenvalue weighted by atomic mass is 32.2. The minimum atomic E-state index is -3.90. The molecule has 1 fully saturated rings. The predicted octanol–water partition coefficient (Wildman–Crippen LogP) is 1.99. The second-order valence-corrected chi connectivity index (χ2v) is 8.10. The van der Waals surface area contributed by atoms with E-state index in [1.165, 1.54) is 22.5 Å². The minimum Gasteiger partial charge on any atom is -0.369 e. The number of sulfonamides is 1. The van der Waals surface area contributed by atoms with Crippen molar-refractivity contribution in [2.24, 2.45) is 0 Å². The Labute approximate surface area is 147 Å². The maximum Gasteiger partial charge on any atom is 0.267 e. The van der Waals surface area contributed by atoms with Gasteiger partial charge in [-0.3, -0.25) is 4.31 Å². The van der Waals surface area contributed by atoms with Gasteiger partial charge >= 0.3 is 0 Å². The summed E-state index contributed by atoms with van der Waals surface area (Å²) in [6, 6.07) is 11.3. The van der Waals surface area contributed by atoms with E-state index >= 15 is 0 Å². The van der Waals surface area contributed by atoms with Gasteiger partial charge in [-0.05, 0) is 30.7 Å². The Morgan fingerprint density at radius 1 is 0.920 bits per heavy atom. The Kier molecular flexibility index (Phi) is 4.13. The number of hydrogen-bond acceptors (Lipinski definition) is 4. The molecule has 0 bridgehead atoms. The average molecular weight is 361 g/mol. The molecule has 132 valence electrons. The van der Waals surface area contributed by atoms with Gasteiger partial charge in [-0.2, -0.15) is 0 Å². The van der Waals surface area contributed by atoms with Gasteiger partial charge in [0.05, 0.1) is 5.69 Å². The molecule has 0 spiro atoms. The van der Waals surface area contributed by atoms with Gasteiger partial charge in [-0.15, -0.1) is 0 Å². The second kappa shape index (κ2) is 6.31. The third kappa shape index (κ3) is 2.77. The van der Waals surface area contributed by atoms with Crippen molar-refractivity contribution < 1.29 is 12.8 Å². The first-order valence-electron chi connectivity index (χ1n) is 8.44. The summed E-state index contributed by atoms with van der Waals surface area (Å²) in [4.78, 5) is 2.02. The minimum absolute atomic E-state index is 0.268. The Bertz CT molecular complexity index is 895. The molecule has 2 heterocycles. The van der Waals surface area contributed by atoms with Crippen LogP contribution in [0.2, 0.25) is 0 Å². The number of fused-ring (bicyclic) bond motifs is 1. The number of rotatable bonds is 3. The molecular weight excluding hydrogens is 341 g/mol. The fraction of sp³-hybridized carbons (Fsp3) is 0.333. The van der Waals surface area contributed by atoms with E-state index in [1.54, 1.807) is 6.07 Å². The number of anilines is 2. The monoisotopic (exact) mass is 361 g/mol. The van der Waals surface area contributed by atoms with Crippen LogP contribution in [0.1, 0.15) is 5.56 Å². The molecule has 1 N–H and O–H groups in total. The zero-order valence-electron chi connectivity index (χ0n) is 13.8. The molecule has 0 saturated carbocycles. The number of hydrogen-bond donors (Lipinski definition) is 1. The van der Waals surface area contributed by atoms with Gasteiger partial charge in [0.25, 0.3) is 10.0 Å². The SMILES string of the molecule is O=S(=O)(c1ccccc1F)N1CCc2c(N3CCNCC3)cccc21. The van der Waals surface area contributed by atoms with Gasteiger partial charge in [-0.1, -0.05) is 18.2 Å². The predicted molar refractivity (Wildman–Crippen MR) is 96.2 cm³/mol. The maximum absolute atomic E-state index is 14.1. The zero-order chi connectivity index (χ0) is 17.4. The lowest BCUT2D eigenvalue weighted by molar-refractivity contribution is 0.564. The first-order valence-corrected chi connectivity index (χ1v) is 9.88. The highest BCUT2D eigenvalue weighted by molar-refractivity contribution is 7.92. The van der Waals surface area contributed by atoms with E-state index < -0.39 is 15.8 Å². The highest BCUT2D eigenvalue weighted by Gasteiger charge is 2.34. The van der Waals surface area contributed by atoms with E-state index in [4.69, 9.17) is 0 Å². The van der Waals surface area contributed by atoms with Crippen LogP contribution in [0.4, 0.5) is 15.8 Å². The number of nitrogens with zero attached hydrogens (tertiary/aromatic N) is 2. The third-order valence-electron chi connectivity index (χ3n) is 4.82. The normalized spacial score (nSPS) is 17.6.